The summed E-state index contributed by atoms with van der Waals surface area (Å²) in [5.41, 5.74) is -0.102. The Morgan fingerprint density at radius 3 is 1.38 bits per heavy atom. The standard InChI is InChI=1S/C11H24O2/c1-9(2,3)10(4,5)13-11(6,7)12-8/h1-8H3. The first-order valence-corrected chi connectivity index (χ1v) is 4.77. The van der Waals surface area contributed by atoms with Gasteiger partial charge in [0.2, 0.25) is 0 Å². The zero-order valence-corrected chi connectivity index (χ0v) is 10.3. The fourth-order valence-electron chi connectivity index (χ4n) is 0.809. The minimum atomic E-state index is -0.517. The average molecular weight is 188 g/mol. The van der Waals surface area contributed by atoms with Crippen LogP contribution in [-0.2, 0) is 9.47 Å². The maximum Gasteiger partial charge on any atom is 0.163 e. The molecule has 0 aliphatic heterocycles. The summed E-state index contributed by atoms with van der Waals surface area (Å²) in [6.45, 7) is 14.5. The van der Waals surface area contributed by atoms with Crippen molar-refractivity contribution in [3.05, 3.63) is 0 Å². The summed E-state index contributed by atoms with van der Waals surface area (Å²) in [6, 6.07) is 0. The van der Waals surface area contributed by atoms with E-state index in [0.717, 1.165) is 0 Å². The SMILES string of the molecule is COC(C)(C)OC(C)(C)C(C)(C)C. The van der Waals surface area contributed by atoms with Gasteiger partial charge < -0.3 is 9.47 Å². The number of methoxy groups -OCH3 is 1. The fraction of sp³-hybridized carbons (Fsp3) is 1.00. The van der Waals surface area contributed by atoms with Gasteiger partial charge in [-0.1, -0.05) is 20.8 Å². The molecule has 0 heterocycles. The Hall–Kier alpha value is -0.0800. The quantitative estimate of drug-likeness (QED) is 0.633. The van der Waals surface area contributed by atoms with E-state index >= 15 is 0 Å². The fourth-order valence-corrected chi connectivity index (χ4v) is 0.809. The largest absolute Gasteiger partial charge is 0.354 e. The van der Waals surface area contributed by atoms with Gasteiger partial charge in [-0.25, -0.2) is 0 Å². The van der Waals surface area contributed by atoms with Crippen LogP contribution in [0.4, 0.5) is 0 Å². The van der Waals surface area contributed by atoms with Crippen LogP contribution >= 0.6 is 0 Å². The first kappa shape index (κ1) is 12.9. The van der Waals surface area contributed by atoms with Gasteiger partial charge in [0.05, 0.1) is 5.60 Å². The highest BCUT2D eigenvalue weighted by atomic mass is 16.7. The molecule has 0 aromatic carbocycles. The molecule has 0 N–H and O–H groups in total. The van der Waals surface area contributed by atoms with E-state index in [1.165, 1.54) is 0 Å². The van der Waals surface area contributed by atoms with Gasteiger partial charge in [0.1, 0.15) is 0 Å². The van der Waals surface area contributed by atoms with E-state index in [4.69, 9.17) is 9.47 Å². The van der Waals surface area contributed by atoms with Crippen molar-refractivity contribution < 1.29 is 9.47 Å². The van der Waals surface area contributed by atoms with Crippen LogP contribution < -0.4 is 0 Å². The van der Waals surface area contributed by atoms with Crippen LogP contribution in [0.3, 0.4) is 0 Å². The van der Waals surface area contributed by atoms with Crippen molar-refractivity contribution in [2.45, 2.75) is 59.9 Å². The molecule has 0 saturated heterocycles. The van der Waals surface area contributed by atoms with Gasteiger partial charge in [-0.05, 0) is 33.1 Å². The minimum absolute atomic E-state index is 0.100. The summed E-state index contributed by atoms with van der Waals surface area (Å²) in [6.07, 6.45) is 0. The molecule has 0 aromatic rings. The van der Waals surface area contributed by atoms with E-state index in [1.54, 1.807) is 7.11 Å². The number of hydrogen-bond acceptors (Lipinski definition) is 2. The number of ether oxygens (including phenoxy) is 2. The molecule has 0 saturated carbocycles. The molecule has 0 amide bonds. The Bertz CT molecular complexity index is 163. The van der Waals surface area contributed by atoms with Crippen LogP contribution in [0.25, 0.3) is 0 Å². The second kappa shape index (κ2) is 3.58. The molecule has 0 aromatic heterocycles. The van der Waals surface area contributed by atoms with E-state index in [2.05, 4.69) is 34.6 Å². The Balaban J connectivity index is 4.52. The Morgan fingerprint density at radius 1 is 0.769 bits per heavy atom. The van der Waals surface area contributed by atoms with Crippen molar-refractivity contribution in [1.82, 2.24) is 0 Å². The van der Waals surface area contributed by atoms with Crippen LogP contribution in [0, 0.1) is 5.41 Å². The summed E-state index contributed by atoms with van der Waals surface area (Å²) in [7, 11) is 1.67. The Morgan fingerprint density at radius 2 is 1.15 bits per heavy atom. The maximum atomic E-state index is 5.92. The monoisotopic (exact) mass is 188 g/mol. The van der Waals surface area contributed by atoms with Crippen molar-refractivity contribution >= 4 is 0 Å². The Labute approximate surface area is 82.6 Å². The minimum Gasteiger partial charge on any atom is -0.354 e. The summed E-state index contributed by atoms with van der Waals surface area (Å²) < 4.78 is 11.2. The molecular formula is C11H24O2. The molecule has 0 aliphatic carbocycles. The lowest BCUT2D eigenvalue weighted by atomic mass is 9.79. The summed E-state index contributed by atoms with van der Waals surface area (Å²) in [5.74, 6) is -0.517. The smallest absolute Gasteiger partial charge is 0.163 e. The topological polar surface area (TPSA) is 18.5 Å². The summed E-state index contributed by atoms with van der Waals surface area (Å²) in [5, 5.41) is 0. The van der Waals surface area contributed by atoms with Gasteiger partial charge in [-0.3, -0.25) is 0 Å². The van der Waals surface area contributed by atoms with Gasteiger partial charge in [0, 0.05) is 7.11 Å². The van der Waals surface area contributed by atoms with E-state index in [0.29, 0.717) is 0 Å². The highest BCUT2D eigenvalue weighted by molar-refractivity contribution is 4.85. The van der Waals surface area contributed by atoms with E-state index in [-0.39, 0.29) is 11.0 Å². The van der Waals surface area contributed by atoms with Crippen LogP contribution in [0.15, 0.2) is 0 Å². The first-order valence-electron chi connectivity index (χ1n) is 4.77. The molecule has 0 unspecified atom stereocenters. The van der Waals surface area contributed by atoms with E-state index < -0.39 is 5.79 Å². The highest BCUT2D eigenvalue weighted by Crippen LogP contribution is 2.36. The van der Waals surface area contributed by atoms with Crippen LogP contribution in [0.5, 0.6) is 0 Å². The van der Waals surface area contributed by atoms with Crippen molar-refractivity contribution in [2.24, 2.45) is 5.41 Å². The van der Waals surface area contributed by atoms with Gasteiger partial charge in [0.25, 0.3) is 0 Å². The molecule has 13 heavy (non-hydrogen) atoms. The zero-order valence-electron chi connectivity index (χ0n) is 10.3. The highest BCUT2D eigenvalue weighted by Gasteiger charge is 2.38. The molecule has 0 bridgehead atoms. The Kier molecular flexibility index (Phi) is 3.56. The molecule has 0 rings (SSSR count). The number of hydrogen-bond donors (Lipinski definition) is 0. The lowest BCUT2D eigenvalue weighted by molar-refractivity contribution is -0.273. The molecule has 0 aliphatic rings. The van der Waals surface area contributed by atoms with Crippen molar-refractivity contribution in [3.63, 3.8) is 0 Å². The number of rotatable bonds is 3. The second-order valence-electron chi connectivity index (χ2n) is 5.47. The average Bonchev–Trinajstić information content (AvgIpc) is 1.83. The molecule has 0 fully saturated rings. The van der Waals surface area contributed by atoms with Crippen LogP contribution in [0.1, 0.15) is 48.5 Å². The van der Waals surface area contributed by atoms with Crippen molar-refractivity contribution in [2.75, 3.05) is 7.11 Å². The van der Waals surface area contributed by atoms with E-state index in [9.17, 15) is 0 Å². The van der Waals surface area contributed by atoms with Gasteiger partial charge in [0.15, 0.2) is 5.79 Å². The van der Waals surface area contributed by atoms with Gasteiger partial charge in [-0.15, -0.1) is 0 Å². The van der Waals surface area contributed by atoms with Crippen LogP contribution in [0.2, 0.25) is 0 Å². The summed E-state index contributed by atoms with van der Waals surface area (Å²) >= 11 is 0. The first-order chi connectivity index (χ1) is 5.52. The predicted octanol–water partition coefficient (Wildman–Crippen LogP) is 3.21. The van der Waals surface area contributed by atoms with E-state index in [1.807, 2.05) is 13.8 Å². The third kappa shape index (κ3) is 3.65. The zero-order chi connectivity index (χ0) is 10.9. The van der Waals surface area contributed by atoms with Gasteiger partial charge in [-0.2, -0.15) is 0 Å². The summed E-state index contributed by atoms with van der Waals surface area (Å²) in [4.78, 5) is 0. The molecule has 2 heteroatoms. The molecule has 0 atom stereocenters. The molecule has 0 spiro atoms. The lowest BCUT2D eigenvalue weighted by Gasteiger charge is -2.43. The normalized spacial score (nSPS) is 14.8. The van der Waals surface area contributed by atoms with Crippen molar-refractivity contribution in [3.8, 4) is 0 Å². The van der Waals surface area contributed by atoms with Crippen LogP contribution in [-0.4, -0.2) is 18.5 Å². The molecule has 0 radical (unpaired) electrons. The molecular weight excluding hydrogens is 164 g/mol. The van der Waals surface area contributed by atoms with Crippen molar-refractivity contribution in [1.29, 1.82) is 0 Å². The third-order valence-electron chi connectivity index (χ3n) is 2.80. The third-order valence-corrected chi connectivity index (χ3v) is 2.80. The van der Waals surface area contributed by atoms with Gasteiger partial charge >= 0.3 is 0 Å². The second-order valence-corrected chi connectivity index (χ2v) is 5.47. The maximum absolute atomic E-state index is 5.92. The molecule has 2 nitrogen and oxygen atoms in total. The lowest BCUT2D eigenvalue weighted by Crippen LogP contribution is -2.46. The molecule has 80 valence electrons. The predicted molar refractivity (Wildman–Crippen MR) is 55.7 cm³/mol.